The standard InChI is InChI=1S/C31H39P3/c1-26(2,3)25-33-24-29(23-18-14-11-15-19-23)31(34(25)29,28(7,8)9)32(30(24,33)27(4,5)6)21-20-22-16-12-10-13-17-22/h10-19,24-25H,1-9H3/t24-,25?,29+,30-,31-,32?,33?,34?/m1/s1/i24D,25D. The minimum Gasteiger partial charge on any atom is -0.0796 e. The van der Waals surface area contributed by atoms with E-state index >= 15 is 0 Å². The van der Waals surface area contributed by atoms with Gasteiger partial charge in [-0.15, -0.1) is 0 Å². The summed E-state index contributed by atoms with van der Waals surface area (Å²) >= 11 is 0. The van der Waals surface area contributed by atoms with Crippen LogP contribution in [-0.4, -0.2) is 20.8 Å². The highest BCUT2D eigenvalue weighted by atomic mass is 31.2. The molecule has 6 rings (SSSR count). The molecular formula is C31H39P3. The topological polar surface area (TPSA) is 0 Å². The molecule has 0 N–H and O–H groups in total. The molecule has 0 radical (unpaired) electrons. The van der Waals surface area contributed by atoms with Crippen molar-refractivity contribution in [1.29, 1.82) is 0 Å². The van der Waals surface area contributed by atoms with Crippen molar-refractivity contribution >= 4 is 23.8 Å². The van der Waals surface area contributed by atoms with Gasteiger partial charge in [-0.25, -0.2) is 0 Å². The van der Waals surface area contributed by atoms with Crippen molar-refractivity contribution in [1.82, 2.24) is 0 Å². The van der Waals surface area contributed by atoms with Gasteiger partial charge in [-0.3, -0.25) is 0 Å². The van der Waals surface area contributed by atoms with Crippen LogP contribution in [0.15, 0.2) is 60.7 Å². The van der Waals surface area contributed by atoms with Crippen LogP contribution in [0.3, 0.4) is 0 Å². The predicted molar refractivity (Wildman–Crippen MR) is 154 cm³/mol. The maximum absolute atomic E-state index is 10.7. The molecule has 0 aromatic heterocycles. The molecule has 4 unspecified atom stereocenters. The Labute approximate surface area is 214 Å². The summed E-state index contributed by atoms with van der Waals surface area (Å²) in [6, 6.07) is 21.5. The van der Waals surface area contributed by atoms with Crippen LogP contribution < -0.4 is 0 Å². The quantitative estimate of drug-likeness (QED) is 0.267. The number of fused-ring (bicyclic) bond motifs is 2. The molecule has 0 nitrogen and oxygen atoms in total. The first-order valence-corrected chi connectivity index (χ1v) is 16.6. The number of rotatable bonds is 1. The lowest BCUT2D eigenvalue weighted by Crippen LogP contribution is -2.39. The number of benzene rings is 2. The first kappa shape index (κ1) is 21.4. The smallest absolute Gasteiger partial charge is 0.0431 e. The fourth-order valence-corrected chi connectivity index (χ4v) is 27.8. The van der Waals surface area contributed by atoms with Gasteiger partial charge in [0.25, 0.3) is 0 Å². The van der Waals surface area contributed by atoms with Crippen LogP contribution >= 0.6 is 23.8 Å². The third-order valence-corrected chi connectivity index (χ3v) is 23.6. The van der Waals surface area contributed by atoms with E-state index < -0.39 is 34.8 Å². The predicted octanol–water partition coefficient (Wildman–Crippen LogP) is 9.62. The molecule has 2 aromatic rings. The van der Waals surface area contributed by atoms with E-state index in [1.165, 1.54) is 5.56 Å². The second kappa shape index (κ2) is 6.78. The molecule has 4 fully saturated rings. The number of hydrogen-bond acceptors (Lipinski definition) is 0. The van der Waals surface area contributed by atoms with Crippen LogP contribution in [-0.2, 0) is 5.16 Å². The number of hydrogen-bond donors (Lipinski definition) is 0. The Morgan fingerprint density at radius 3 is 1.85 bits per heavy atom. The van der Waals surface area contributed by atoms with E-state index in [4.69, 9.17) is 0 Å². The molecule has 2 aromatic carbocycles. The lowest BCUT2D eigenvalue weighted by Gasteiger charge is -2.51. The molecule has 0 saturated carbocycles. The summed E-state index contributed by atoms with van der Waals surface area (Å²) in [5.41, 5.74) is 5.53. The van der Waals surface area contributed by atoms with E-state index in [-0.39, 0.29) is 31.2 Å². The Bertz CT molecular complexity index is 1310. The summed E-state index contributed by atoms with van der Waals surface area (Å²) in [5.74, 6) is 3.64. The highest BCUT2D eigenvalue weighted by molar-refractivity contribution is 8.09. The third kappa shape index (κ3) is 2.40. The fourth-order valence-electron chi connectivity index (χ4n) is 7.51. The van der Waals surface area contributed by atoms with E-state index in [0.717, 1.165) is 5.56 Å². The summed E-state index contributed by atoms with van der Waals surface area (Å²) in [6.45, 7) is 21.2. The maximum Gasteiger partial charge on any atom is 0.0431 e. The van der Waals surface area contributed by atoms with Crippen molar-refractivity contribution in [3.05, 3.63) is 71.8 Å². The van der Waals surface area contributed by atoms with Gasteiger partial charge in [-0.1, -0.05) is 138 Å². The summed E-state index contributed by atoms with van der Waals surface area (Å²) in [7, 11) is -2.43. The SMILES string of the molecule is [2H]C1(C(C)(C)C)P2[C@]3(C(C)(C)C)P(C#Cc4ccccc4)[C@]4(C(C)(C)C)P1[C@@]4(c1ccccc1)[C@@]23[2H]. The minimum atomic E-state index is -0.854. The highest BCUT2D eigenvalue weighted by Crippen LogP contribution is 3.28. The van der Waals surface area contributed by atoms with Gasteiger partial charge in [0, 0.05) is 34.3 Å². The highest BCUT2D eigenvalue weighted by Gasteiger charge is 3.08. The van der Waals surface area contributed by atoms with E-state index in [0.29, 0.717) is 0 Å². The van der Waals surface area contributed by atoms with E-state index in [2.05, 4.69) is 135 Å². The lowest BCUT2D eigenvalue weighted by molar-refractivity contribution is 0.350. The van der Waals surface area contributed by atoms with Crippen LogP contribution in [0.2, 0.25) is 0 Å². The summed E-state index contributed by atoms with van der Waals surface area (Å²) in [4.78, 5) is -0.281. The second-order valence-corrected chi connectivity index (χ2v) is 21.4. The van der Waals surface area contributed by atoms with Gasteiger partial charge in [0.05, 0.1) is 0 Å². The first-order chi connectivity index (χ1) is 16.5. The molecular weight excluding hydrogens is 465 g/mol. The normalized spacial score (nSPS) is 46.7. The van der Waals surface area contributed by atoms with Crippen molar-refractivity contribution in [2.75, 3.05) is 0 Å². The third-order valence-electron chi connectivity index (χ3n) is 8.39. The minimum absolute atomic E-state index is 0.0374. The van der Waals surface area contributed by atoms with E-state index in [1.807, 2.05) is 0 Å². The van der Waals surface area contributed by atoms with Crippen molar-refractivity contribution in [2.24, 2.45) is 16.2 Å². The zero-order valence-corrected chi connectivity index (χ0v) is 24.8. The monoisotopic (exact) mass is 506 g/mol. The Morgan fingerprint density at radius 1 is 0.794 bits per heavy atom. The molecule has 0 aliphatic carbocycles. The van der Waals surface area contributed by atoms with Crippen LogP contribution in [0, 0.1) is 27.8 Å². The summed E-state index contributed by atoms with van der Waals surface area (Å²) in [5, 5.41) is -0.775. The zero-order chi connectivity index (χ0) is 26.4. The van der Waals surface area contributed by atoms with Crippen LogP contribution in [0.5, 0.6) is 0 Å². The van der Waals surface area contributed by atoms with Gasteiger partial charge in [0.15, 0.2) is 0 Å². The van der Waals surface area contributed by atoms with E-state index in [1.54, 1.807) is 0 Å². The Morgan fingerprint density at radius 2 is 1.35 bits per heavy atom. The Hall–Kier alpha value is -0.710. The summed E-state index contributed by atoms with van der Waals surface area (Å²) < 4.78 is 21.2. The van der Waals surface area contributed by atoms with Gasteiger partial charge in [-0.2, -0.15) is 0 Å². The largest absolute Gasteiger partial charge is 0.0796 e. The maximum atomic E-state index is 10.7. The molecule has 4 saturated heterocycles. The van der Waals surface area contributed by atoms with Gasteiger partial charge in [0.2, 0.25) is 0 Å². The Balaban J connectivity index is 1.74. The van der Waals surface area contributed by atoms with Gasteiger partial charge in [-0.05, 0) is 41.9 Å². The van der Waals surface area contributed by atoms with Crippen LogP contribution in [0.1, 0.15) is 76.2 Å². The fraction of sp³-hybridized carbons (Fsp3) is 0.548. The van der Waals surface area contributed by atoms with Crippen LogP contribution in [0.4, 0.5) is 0 Å². The molecule has 34 heavy (non-hydrogen) atoms. The van der Waals surface area contributed by atoms with Crippen molar-refractivity contribution in [2.45, 2.75) is 88.3 Å². The Kier molecular flexibility index (Phi) is 4.26. The van der Waals surface area contributed by atoms with Gasteiger partial charge >= 0.3 is 0 Å². The first-order valence-electron chi connectivity index (χ1n) is 13.6. The van der Waals surface area contributed by atoms with Crippen molar-refractivity contribution < 1.29 is 2.74 Å². The molecule has 178 valence electrons. The average molecular weight is 507 g/mol. The average Bonchev–Trinajstić information content (AvgIpc) is 3.59. The van der Waals surface area contributed by atoms with Gasteiger partial charge in [0.1, 0.15) is 0 Å². The molecule has 0 bridgehead atoms. The van der Waals surface area contributed by atoms with Crippen molar-refractivity contribution in [3.63, 3.8) is 0 Å². The van der Waals surface area contributed by atoms with Crippen molar-refractivity contribution in [3.8, 4) is 11.6 Å². The molecule has 0 amide bonds. The van der Waals surface area contributed by atoms with Crippen LogP contribution in [0.25, 0.3) is 0 Å². The lowest BCUT2D eigenvalue weighted by atomic mass is 9.76. The van der Waals surface area contributed by atoms with E-state index in [9.17, 15) is 2.74 Å². The molecule has 4 aliphatic rings. The summed E-state index contributed by atoms with van der Waals surface area (Å²) in [6.07, 6.45) is 0. The molecule has 8 atom stereocenters. The zero-order valence-electron chi connectivity index (χ0n) is 24.1. The van der Waals surface area contributed by atoms with Gasteiger partial charge < -0.3 is 0 Å². The molecule has 0 spiro atoms. The molecule has 3 heteroatoms. The molecule has 4 heterocycles. The molecule has 4 aliphatic heterocycles. The second-order valence-electron chi connectivity index (χ2n) is 13.5.